The molecule has 0 bridgehead atoms. The van der Waals surface area contributed by atoms with Crippen molar-refractivity contribution in [1.82, 2.24) is 24.8 Å². The number of fused-ring (bicyclic) bond motifs is 1. The molecule has 0 saturated carbocycles. The number of aromatic nitrogens is 5. The zero-order valence-electron chi connectivity index (χ0n) is 10.2. The fraction of sp³-hybridized carbons (Fsp3) is 0.333. The fourth-order valence-electron chi connectivity index (χ4n) is 1.76. The summed E-state index contributed by atoms with van der Waals surface area (Å²) in [5, 5.41) is 13.8. The predicted molar refractivity (Wildman–Crippen MR) is 70.4 cm³/mol. The largest absolute Gasteiger partial charge is 0.264 e. The molecule has 0 aliphatic heterocycles. The third-order valence-electron chi connectivity index (χ3n) is 2.55. The molecule has 0 saturated heterocycles. The van der Waals surface area contributed by atoms with Crippen LogP contribution in [0.1, 0.15) is 19.7 Å². The van der Waals surface area contributed by atoms with E-state index < -0.39 is 0 Å². The van der Waals surface area contributed by atoms with Gasteiger partial charge in [0.05, 0.1) is 0 Å². The molecule has 0 N–H and O–H groups in total. The Morgan fingerprint density at radius 1 is 1.33 bits per heavy atom. The molecule has 6 heteroatoms. The minimum absolute atomic E-state index is 0.543. The molecule has 3 aromatic heterocycles. The first kappa shape index (κ1) is 11.3. The van der Waals surface area contributed by atoms with Gasteiger partial charge in [-0.1, -0.05) is 25.2 Å². The average molecular weight is 259 g/mol. The first-order valence-electron chi connectivity index (χ1n) is 5.85. The summed E-state index contributed by atoms with van der Waals surface area (Å²) in [6.07, 6.45) is 4.46. The topological polar surface area (TPSA) is 56.0 Å². The maximum absolute atomic E-state index is 4.57. The van der Waals surface area contributed by atoms with E-state index in [9.17, 15) is 0 Å². The van der Waals surface area contributed by atoms with Gasteiger partial charge < -0.3 is 0 Å². The summed E-state index contributed by atoms with van der Waals surface area (Å²) in [5.74, 6) is 1.47. The van der Waals surface area contributed by atoms with E-state index in [0.717, 1.165) is 27.8 Å². The molecule has 3 rings (SSSR count). The van der Waals surface area contributed by atoms with Crippen LogP contribution in [0.5, 0.6) is 0 Å². The molecule has 0 amide bonds. The van der Waals surface area contributed by atoms with Gasteiger partial charge in [0.25, 0.3) is 0 Å². The van der Waals surface area contributed by atoms with Gasteiger partial charge in [-0.05, 0) is 18.1 Å². The van der Waals surface area contributed by atoms with Gasteiger partial charge in [-0.3, -0.25) is 4.98 Å². The fourth-order valence-corrected chi connectivity index (χ4v) is 2.60. The van der Waals surface area contributed by atoms with Crippen molar-refractivity contribution in [2.45, 2.75) is 20.3 Å². The number of hydrogen-bond acceptors (Lipinski definition) is 5. The summed E-state index contributed by atoms with van der Waals surface area (Å²) in [5.41, 5.74) is 1.02. The van der Waals surface area contributed by atoms with E-state index in [1.165, 1.54) is 11.3 Å². The van der Waals surface area contributed by atoms with Gasteiger partial charge >= 0.3 is 0 Å². The van der Waals surface area contributed by atoms with Crippen LogP contribution >= 0.6 is 11.3 Å². The zero-order valence-corrected chi connectivity index (χ0v) is 11.1. The molecule has 0 aromatic carbocycles. The van der Waals surface area contributed by atoms with Crippen molar-refractivity contribution < 1.29 is 0 Å². The molecular formula is C12H13N5S. The smallest absolute Gasteiger partial charge is 0.234 e. The number of rotatable bonds is 3. The SMILES string of the molecule is CC(C)Cc1nnc2sc(-c3cccnc3)nn12. The Kier molecular flexibility index (Phi) is 2.79. The zero-order chi connectivity index (χ0) is 12.5. The van der Waals surface area contributed by atoms with Gasteiger partial charge in [-0.15, -0.1) is 10.2 Å². The Labute approximate surface area is 109 Å². The molecule has 0 fully saturated rings. The molecule has 0 aliphatic carbocycles. The Morgan fingerprint density at radius 2 is 2.22 bits per heavy atom. The Hall–Kier alpha value is -1.82. The molecule has 92 valence electrons. The van der Waals surface area contributed by atoms with Crippen LogP contribution in [0, 0.1) is 5.92 Å². The van der Waals surface area contributed by atoms with Gasteiger partial charge in [0.1, 0.15) is 5.01 Å². The minimum Gasteiger partial charge on any atom is -0.264 e. The highest BCUT2D eigenvalue weighted by Gasteiger charge is 2.13. The molecule has 0 unspecified atom stereocenters. The maximum atomic E-state index is 4.57. The van der Waals surface area contributed by atoms with Gasteiger partial charge in [0.15, 0.2) is 5.82 Å². The molecule has 0 aliphatic rings. The summed E-state index contributed by atoms with van der Waals surface area (Å²) in [6.45, 7) is 4.32. The molecule has 5 nitrogen and oxygen atoms in total. The van der Waals surface area contributed by atoms with E-state index in [1.54, 1.807) is 6.20 Å². The first-order chi connectivity index (χ1) is 8.74. The van der Waals surface area contributed by atoms with Crippen LogP contribution in [0.15, 0.2) is 24.5 Å². The molecule has 0 atom stereocenters. The van der Waals surface area contributed by atoms with Crippen molar-refractivity contribution in [3.8, 4) is 10.6 Å². The number of pyridine rings is 1. The number of hydrogen-bond donors (Lipinski definition) is 0. The quantitative estimate of drug-likeness (QED) is 0.725. The van der Waals surface area contributed by atoms with E-state index in [0.29, 0.717) is 5.92 Å². The third-order valence-corrected chi connectivity index (χ3v) is 3.50. The standard InChI is InChI=1S/C12H13N5S/c1-8(2)6-10-14-15-12-17(10)16-11(18-12)9-4-3-5-13-7-9/h3-5,7-8H,6H2,1-2H3. The lowest BCUT2D eigenvalue weighted by Crippen LogP contribution is -2.01. The molecule has 0 spiro atoms. The Balaban J connectivity index is 2.04. The van der Waals surface area contributed by atoms with Crippen LogP contribution in [-0.2, 0) is 6.42 Å². The van der Waals surface area contributed by atoms with E-state index in [1.807, 2.05) is 22.8 Å². The van der Waals surface area contributed by atoms with E-state index in [2.05, 4.69) is 34.1 Å². The predicted octanol–water partition coefficient (Wildman–Crippen LogP) is 2.45. The third kappa shape index (κ3) is 1.99. The summed E-state index contributed by atoms with van der Waals surface area (Å²) in [4.78, 5) is 4.95. The van der Waals surface area contributed by atoms with E-state index in [4.69, 9.17) is 0 Å². The molecule has 3 heterocycles. The molecular weight excluding hydrogens is 246 g/mol. The molecule has 0 radical (unpaired) electrons. The van der Waals surface area contributed by atoms with Crippen molar-refractivity contribution in [2.75, 3.05) is 0 Å². The van der Waals surface area contributed by atoms with Crippen molar-refractivity contribution in [2.24, 2.45) is 5.92 Å². The Bertz CT molecular complexity index is 655. The summed E-state index contributed by atoms with van der Waals surface area (Å²) >= 11 is 1.54. The van der Waals surface area contributed by atoms with Crippen molar-refractivity contribution in [3.63, 3.8) is 0 Å². The van der Waals surface area contributed by atoms with Gasteiger partial charge in [-0.2, -0.15) is 9.61 Å². The normalized spacial score (nSPS) is 11.5. The highest BCUT2D eigenvalue weighted by atomic mass is 32.1. The van der Waals surface area contributed by atoms with E-state index in [-0.39, 0.29) is 0 Å². The van der Waals surface area contributed by atoms with E-state index >= 15 is 0 Å². The van der Waals surface area contributed by atoms with Crippen molar-refractivity contribution in [3.05, 3.63) is 30.4 Å². The van der Waals surface area contributed by atoms with Crippen molar-refractivity contribution in [1.29, 1.82) is 0 Å². The van der Waals surface area contributed by atoms with Crippen LogP contribution < -0.4 is 0 Å². The van der Waals surface area contributed by atoms with Crippen molar-refractivity contribution >= 4 is 16.3 Å². The number of nitrogens with zero attached hydrogens (tertiary/aromatic N) is 5. The maximum Gasteiger partial charge on any atom is 0.234 e. The first-order valence-corrected chi connectivity index (χ1v) is 6.67. The molecule has 18 heavy (non-hydrogen) atoms. The summed E-state index contributed by atoms with van der Waals surface area (Å²) < 4.78 is 1.84. The second-order valence-electron chi connectivity index (χ2n) is 4.56. The summed E-state index contributed by atoms with van der Waals surface area (Å²) in [6, 6.07) is 3.91. The average Bonchev–Trinajstić information content (AvgIpc) is 2.92. The lowest BCUT2D eigenvalue weighted by Gasteiger charge is -1.99. The highest BCUT2D eigenvalue weighted by molar-refractivity contribution is 7.19. The second kappa shape index (κ2) is 4.45. The summed E-state index contributed by atoms with van der Waals surface area (Å²) in [7, 11) is 0. The van der Waals surface area contributed by atoms with Gasteiger partial charge in [0.2, 0.25) is 4.96 Å². The monoisotopic (exact) mass is 259 g/mol. The van der Waals surface area contributed by atoms with Gasteiger partial charge in [0, 0.05) is 24.4 Å². The van der Waals surface area contributed by atoms with Crippen LogP contribution in [0.25, 0.3) is 15.5 Å². The lowest BCUT2D eigenvalue weighted by molar-refractivity contribution is 0.607. The van der Waals surface area contributed by atoms with Crippen LogP contribution in [0.4, 0.5) is 0 Å². The highest BCUT2D eigenvalue weighted by Crippen LogP contribution is 2.24. The molecule has 3 aromatic rings. The van der Waals surface area contributed by atoms with Gasteiger partial charge in [-0.25, -0.2) is 0 Å². The minimum atomic E-state index is 0.543. The Morgan fingerprint density at radius 3 is 2.94 bits per heavy atom. The van der Waals surface area contributed by atoms with Crippen LogP contribution in [-0.4, -0.2) is 24.8 Å². The lowest BCUT2D eigenvalue weighted by atomic mass is 10.1. The van der Waals surface area contributed by atoms with Crippen LogP contribution in [0.2, 0.25) is 0 Å². The van der Waals surface area contributed by atoms with Crippen LogP contribution in [0.3, 0.4) is 0 Å². The second-order valence-corrected chi connectivity index (χ2v) is 5.51.